The van der Waals surface area contributed by atoms with Crippen molar-refractivity contribution in [1.29, 1.82) is 0 Å². The molecule has 1 aromatic heterocycles. The summed E-state index contributed by atoms with van der Waals surface area (Å²) in [4.78, 5) is 25.8. The summed E-state index contributed by atoms with van der Waals surface area (Å²) >= 11 is 2.55. The molecule has 0 N–H and O–H groups in total. The van der Waals surface area contributed by atoms with Crippen molar-refractivity contribution in [3.8, 4) is 11.8 Å². The third-order valence-corrected chi connectivity index (χ3v) is 3.20. The normalized spacial score (nSPS) is 9.29. The average molecular weight is 269 g/mol. The SMILES string of the molecule is COC(=O)c1csc(C#CCCSC(C)=O)n1. The molecule has 0 bridgehead atoms. The topological polar surface area (TPSA) is 56.3 Å². The number of thiazole rings is 1. The molecule has 0 atom stereocenters. The maximum absolute atomic E-state index is 11.1. The quantitative estimate of drug-likeness (QED) is 0.477. The Morgan fingerprint density at radius 2 is 2.35 bits per heavy atom. The Kier molecular flexibility index (Phi) is 5.73. The Balaban J connectivity index is 2.46. The molecule has 0 aliphatic rings. The van der Waals surface area contributed by atoms with Gasteiger partial charge in [0.15, 0.2) is 15.8 Å². The van der Waals surface area contributed by atoms with Crippen LogP contribution in [0.5, 0.6) is 0 Å². The lowest BCUT2D eigenvalue weighted by molar-refractivity contribution is -0.109. The fourth-order valence-corrected chi connectivity index (χ4v) is 2.06. The Morgan fingerprint density at radius 3 is 3.00 bits per heavy atom. The van der Waals surface area contributed by atoms with Crippen LogP contribution >= 0.6 is 23.1 Å². The molecule has 0 aromatic carbocycles. The highest BCUT2D eigenvalue weighted by Gasteiger charge is 2.08. The fraction of sp³-hybridized carbons (Fsp3) is 0.364. The minimum atomic E-state index is -0.457. The second-order valence-corrected chi connectivity index (χ2v) is 5.05. The van der Waals surface area contributed by atoms with Crippen molar-refractivity contribution in [3.63, 3.8) is 0 Å². The highest BCUT2D eigenvalue weighted by molar-refractivity contribution is 8.13. The monoisotopic (exact) mass is 269 g/mol. The van der Waals surface area contributed by atoms with E-state index in [4.69, 9.17) is 0 Å². The zero-order chi connectivity index (χ0) is 12.7. The molecule has 0 spiro atoms. The van der Waals surface area contributed by atoms with Gasteiger partial charge in [0.2, 0.25) is 0 Å². The number of ether oxygens (including phenoxy) is 1. The van der Waals surface area contributed by atoms with Crippen LogP contribution in [-0.2, 0) is 9.53 Å². The van der Waals surface area contributed by atoms with Crippen LogP contribution in [0.3, 0.4) is 0 Å². The van der Waals surface area contributed by atoms with Gasteiger partial charge in [-0.15, -0.1) is 11.3 Å². The van der Waals surface area contributed by atoms with E-state index in [1.165, 1.54) is 37.1 Å². The molecule has 0 aliphatic carbocycles. The summed E-state index contributed by atoms with van der Waals surface area (Å²) in [6.45, 7) is 1.53. The summed E-state index contributed by atoms with van der Waals surface area (Å²) in [5, 5.41) is 2.28. The summed E-state index contributed by atoms with van der Waals surface area (Å²) < 4.78 is 4.54. The lowest BCUT2D eigenvalue weighted by Crippen LogP contribution is -2.00. The third-order valence-electron chi connectivity index (χ3n) is 1.63. The number of carbonyl (C=O) groups is 2. The molecule has 1 heterocycles. The van der Waals surface area contributed by atoms with Gasteiger partial charge in [0.05, 0.1) is 7.11 Å². The number of hydrogen-bond donors (Lipinski definition) is 0. The number of nitrogens with zero attached hydrogens (tertiary/aromatic N) is 1. The van der Waals surface area contributed by atoms with Crippen molar-refractivity contribution >= 4 is 34.2 Å². The molecule has 0 amide bonds. The van der Waals surface area contributed by atoms with Gasteiger partial charge in [0.25, 0.3) is 0 Å². The van der Waals surface area contributed by atoms with Crippen molar-refractivity contribution in [1.82, 2.24) is 4.98 Å². The molecule has 1 rings (SSSR count). The van der Waals surface area contributed by atoms with E-state index in [0.29, 0.717) is 17.2 Å². The number of methoxy groups -OCH3 is 1. The number of thioether (sulfide) groups is 1. The van der Waals surface area contributed by atoms with E-state index in [9.17, 15) is 9.59 Å². The lowest BCUT2D eigenvalue weighted by atomic mass is 10.4. The summed E-state index contributed by atoms with van der Waals surface area (Å²) in [7, 11) is 1.31. The first-order valence-corrected chi connectivity index (χ1v) is 6.66. The van der Waals surface area contributed by atoms with E-state index in [0.717, 1.165) is 0 Å². The molecular formula is C11H11NO3S2. The molecular weight excluding hydrogens is 258 g/mol. The summed E-state index contributed by atoms with van der Waals surface area (Å²) in [5.74, 6) is 5.96. The summed E-state index contributed by atoms with van der Waals surface area (Å²) in [6, 6.07) is 0. The van der Waals surface area contributed by atoms with Crippen LogP contribution < -0.4 is 0 Å². The molecule has 0 saturated carbocycles. The third kappa shape index (κ3) is 5.02. The highest BCUT2D eigenvalue weighted by atomic mass is 32.2. The number of rotatable bonds is 3. The molecule has 0 aliphatic heterocycles. The first-order chi connectivity index (χ1) is 8.13. The van der Waals surface area contributed by atoms with Gasteiger partial charge in [-0.2, -0.15) is 0 Å². The van der Waals surface area contributed by atoms with Gasteiger partial charge in [-0.05, 0) is 5.92 Å². The zero-order valence-corrected chi connectivity index (χ0v) is 11.1. The van der Waals surface area contributed by atoms with Gasteiger partial charge >= 0.3 is 5.97 Å². The van der Waals surface area contributed by atoms with E-state index in [-0.39, 0.29) is 10.8 Å². The Morgan fingerprint density at radius 1 is 1.59 bits per heavy atom. The number of carbonyl (C=O) groups excluding carboxylic acids is 2. The van der Waals surface area contributed by atoms with Crippen LogP contribution in [0.15, 0.2) is 5.38 Å². The minimum absolute atomic E-state index is 0.0917. The number of esters is 1. The maximum Gasteiger partial charge on any atom is 0.357 e. The van der Waals surface area contributed by atoms with Crippen LogP contribution in [-0.4, -0.2) is 28.9 Å². The Labute approximate surface area is 108 Å². The van der Waals surface area contributed by atoms with E-state index in [1.807, 2.05) is 0 Å². The van der Waals surface area contributed by atoms with E-state index in [2.05, 4.69) is 21.6 Å². The molecule has 4 nitrogen and oxygen atoms in total. The second kappa shape index (κ2) is 7.09. The molecule has 0 fully saturated rings. The Hall–Kier alpha value is -1.32. The minimum Gasteiger partial charge on any atom is -0.464 e. The van der Waals surface area contributed by atoms with Crippen LogP contribution in [0.1, 0.15) is 28.8 Å². The van der Waals surface area contributed by atoms with Gasteiger partial charge < -0.3 is 4.74 Å². The zero-order valence-electron chi connectivity index (χ0n) is 9.48. The van der Waals surface area contributed by atoms with Crippen molar-refractivity contribution in [2.45, 2.75) is 13.3 Å². The molecule has 0 saturated heterocycles. The van der Waals surface area contributed by atoms with Gasteiger partial charge in [-0.3, -0.25) is 4.79 Å². The second-order valence-electron chi connectivity index (χ2n) is 2.92. The van der Waals surface area contributed by atoms with Crippen molar-refractivity contribution in [2.75, 3.05) is 12.9 Å². The fourth-order valence-electron chi connectivity index (χ4n) is 0.913. The van der Waals surface area contributed by atoms with Crippen molar-refractivity contribution in [3.05, 3.63) is 16.1 Å². The number of hydrogen-bond acceptors (Lipinski definition) is 6. The van der Waals surface area contributed by atoms with Crippen LogP contribution in [0, 0.1) is 11.8 Å². The first-order valence-electron chi connectivity index (χ1n) is 4.79. The standard InChI is InChI=1S/C11H11NO3S2/c1-8(13)16-6-4-3-5-10-12-9(7-17-10)11(14)15-2/h7H,4,6H2,1-2H3. The molecule has 0 radical (unpaired) electrons. The smallest absolute Gasteiger partial charge is 0.357 e. The van der Waals surface area contributed by atoms with Gasteiger partial charge in [-0.25, -0.2) is 9.78 Å². The first kappa shape index (κ1) is 13.7. The van der Waals surface area contributed by atoms with Crippen molar-refractivity contribution in [2.24, 2.45) is 0 Å². The maximum atomic E-state index is 11.1. The molecule has 6 heteroatoms. The van der Waals surface area contributed by atoms with E-state index < -0.39 is 5.97 Å². The van der Waals surface area contributed by atoms with Gasteiger partial charge in [0, 0.05) is 24.5 Å². The van der Waals surface area contributed by atoms with Crippen molar-refractivity contribution < 1.29 is 14.3 Å². The molecule has 17 heavy (non-hydrogen) atoms. The highest BCUT2D eigenvalue weighted by Crippen LogP contribution is 2.09. The average Bonchev–Trinajstić information content (AvgIpc) is 2.76. The van der Waals surface area contributed by atoms with E-state index >= 15 is 0 Å². The van der Waals surface area contributed by atoms with Crippen LogP contribution in [0.25, 0.3) is 0 Å². The molecule has 0 unspecified atom stereocenters. The van der Waals surface area contributed by atoms with Crippen LogP contribution in [0.2, 0.25) is 0 Å². The largest absolute Gasteiger partial charge is 0.464 e. The lowest BCUT2D eigenvalue weighted by Gasteiger charge is -1.90. The summed E-state index contributed by atoms with van der Waals surface area (Å²) in [5.41, 5.74) is 0.278. The predicted molar refractivity (Wildman–Crippen MR) is 68.1 cm³/mol. The van der Waals surface area contributed by atoms with Crippen LogP contribution in [0.4, 0.5) is 0 Å². The van der Waals surface area contributed by atoms with Gasteiger partial charge in [-0.1, -0.05) is 17.7 Å². The predicted octanol–water partition coefficient (Wildman–Crippen LogP) is 1.95. The molecule has 1 aromatic rings. The van der Waals surface area contributed by atoms with Gasteiger partial charge in [0.1, 0.15) is 0 Å². The number of aromatic nitrogens is 1. The molecule has 90 valence electrons. The summed E-state index contributed by atoms with van der Waals surface area (Å²) in [6.07, 6.45) is 0.622. The van der Waals surface area contributed by atoms with E-state index in [1.54, 1.807) is 5.38 Å². The Bertz CT molecular complexity index is 471.